The van der Waals surface area contributed by atoms with Crippen molar-refractivity contribution in [3.63, 3.8) is 0 Å². The lowest BCUT2D eigenvalue weighted by Gasteiger charge is -2.03. The zero-order chi connectivity index (χ0) is 10.7. The number of rotatable bonds is 2. The maximum absolute atomic E-state index is 5.78. The SMILES string of the molecule is ClC(Cl)c1ccnc(-c2ccccn2)c1. The third-order valence-corrected chi connectivity index (χ3v) is 2.47. The molecule has 2 heterocycles. The summed E-state index contributed by atoms with van der Waals surface area (Å²) in [7, 11) is 0. The molecule has 4 heteroatoms. The number of nitrogens with zero attached hydrogens (tertiary/aromatic N) is 2. The molecule has 0 N–H and O–H groups in total. The van der Waals surface area contributed by atoms with Crippen LogP contribution in [0.1, 0.15) is 10.4 Å². The molecule has 2 aromatic rings. The number of alkyl halides is 2. The Morgan fingerprint density at radius 1 is 0.933 bits per heavy atom. The fourth-order valence-electron chi connectivity index (χ4n) is 1.24. The molecule has 0 aromatic carbocycles. The van der Waals surface area contributed by atoms with Crippen molar-refractivity contribution >= 4 is 23.2 Å². The van der Waals surface area contributed by atoms with Crippen molar-refractivity contribution in [2.75, 3.05) is 0 Å². The van der Waals surface area contributed by atoms with Gasteiger partial charge in [0.2, 0.25) is 0 Å². The summed E-state index contributed by atoms with van der Waals surface area (Å²) in [4.78, 5) is 7.88. The van der Waals surface area contributed by atoms with Gasteiger partial charge < -0.3 is 0 Å². The van der Waals surface area contributed by atoms with E-state index < -0.39 is 4.84 Å². The van der Waals surface area contributed by atoms with Gasteiger partial charge in [-0.05, 0) is 29.8 Å². The molecule has 0 aliphatic carbocycles. The Bertz CT molecular complexity index is 443. The minimum Gasteiger partial charge on any atom is -0.255 e. The van der Waals surface area contributed by atoms with Crippen LogP contribution >= 0.6 is 23.2 Å². The molecule has 0 saturated heterocycles. The summed E-state index contributed by atoms with van der Waals surface area (Å²) in [5, 5.41) is 0. The van der Waals surface area contributed by atoms with Crippen LogP contribution in [0.25, 0.3) is 11.4 Å². The van der Waals surface area contributed by atoms with E-state index in [-0.39, 0.29) is 0 Å². The predicted molar refractivity (Wildman–Crippen MR) is 61.9 cm³/mol. The summed E-state index contributed by atoms with van der Waals surface area (Å²) in [5.74, 6) is 0. The summed E-state index contributed by atoms with van der Waals surface area (Å²) in [6.45, 7) is 0. The van der Waals surface area contributed by atoms with Gasteiger partial charge in [0, 0.05) is 12.4 Å². The molecule has 0 bridgehead atoms. The maximum Gasteiger partial charge on any atom is 0.132 e. The molecule has 0 aliphatic rings. The van der Waals surface area contributed by atoms with E-state index in [0.29, 0.717) is 0 Å². The Morgan fingerprint density at radius 2 is 1.73 bits per heavy atom. The molecular weight excluding hydrogens is 231 g/mol. The summed E-state index contributed by atoms with van der Waals surface area (Å²) in [6.07, 6.45) is 3.40. The zero-order valence-corrected chi connectivity index (χ0v) is 9.28. The van der Waals surface area contributed by atoms with E-state index in [0.717, 1.165) is 17.0 Å². The summed E-state index contributed by atoms with van der Waals surface area (Å²) in [6, 6.07) is 9.29. The van der Waals surface area contributed by atoms with Crippen LogP contribution < -0.4 is 0 Å². The van der Waals surface area contributed by atoms with Crippen LogP contribution in [0.15, 0.2) is 42.7 Å². The van der Waals surface area contributed by atoms with Gasteiger partial charge >= 0.3 is 0 Å². The summed E-state index contributed by atoms with van der Waals surface area (Å²) < 4.78 is 0. The van der Waals surface area contributed by atoms with E-state index in [1.165, 1.54) is 0 Å². The van der Waals surface area contributed by atoms with E-state index in [1.807, 2.05) is 24.3 Å². The van der Waals surface area contributed by atoms with Crippen molar-refractivity contribution in [1.29, 1.82) is 0 Å². The van der Waals surface area contributed by atoms with Crippen molar-refractivity contribution in [2.45, 2.75) is 4.84 Å². The lowest BCUT2D eigenvalue weighted by Crippen LogP contribution is -1.89. The molecule has 0 radical (unpaired) electrons. The number of halogens is 2. The van der Waals surface area contributed by atoms with Crippen LogP contribution in [0.3, 0.4) is 0 Å². The molecule has 0 spiro atoms. The number of aromatic nitrogens is 2. The van der Waals surface area contributed by atoms with Crippen molar-refractivity contribution in [3.8, 4) is 11.4 Å². The lowest BCUT2D eigenvalue weighted by molar-refractivity contribution is 1.21. The Labute approximate surface area is 97.9 Å². The first-order chi connectivity index (χ1) is 7.27. The minimum atomic E-state index is -0.532. The maximum atomic E-state index is 5.78. The van der Waals surface area contributed by atoms with E-state index in [2.05, 4.69) is 9.97 Å². The summed E-state index contributed by atoms with van der Waals surface area (Å²) >= 11 is 11.6. The normalized spacial score (nSPS) is 10.6. The van der Waals surface area contributed by atoms with Crippen LogP contribution in [0.5, 0.6) is 0 Å². The van der Waals surface area contributed by atoms with Gasteiger partial charge in [0.05, 0.1) is 11.4 Å². The fraction of sp³-hybridized carbons (Fsp3) is 0.0909. The van der Waals surface area contributed by atoms with Gasteiger partial charge in [-0.2, -0.15) is 0 Å². The second-order valence-corrected chi connectivity index (χ2v) is 4.09. The highest BCUT2D eigenvalue weighted by Crippen LogP contribution is 2.26. The second kappa shape index (κ2) is 4.60. The van der Waals surface area contributed by atoms with E-state index in [4.69, 9.17) is 23.2 Å². The Morgan fingerprint density at radius 3 is 2.40 bits per heavy atom. The largest absolute Gasteiger partial charge is 0.255 e. The lowest BCUT2D eigenvalue weighted by atomic mass is 10.2. The second-order valence-electron chi connectivity index (χ2n) is 2.99. The van der Waals surface area contributed by atoms with Gasteiger partial charge in [0.25, 0.3) is 0 Å². The number of hydrogen-bond acceptors (Lipinski definition) is 2. The fourth-order valence-corrected chi connectivity index (χ4v) is 1.51. The monoisotopic (exact) mass is 238 g/mol. The highest BCUT2D eigenvalue weighted by molar-refractivity contribution is 6.44. The van der Waals surface area contributed by atoms with Gasteiger partial charge in [-0.15, -0.1) is 23.2 Å². The van der Waals surface area contributed by atoms with Crippen LogP contribution in [0.2, 0.25) is 0 Å². The van der Waals surface area contributed by atoms with E-state index in [1.54, 1.807) is 18.5 Å². The van der Waals surface area contributed by atoms with Gasteiger partial charge in [0.1, 0.15) is 4.84 Å². The molecule has 76 valence electrons. The van der Waals surface area contributed by atoms with Crippen LogP contribution in [0, 0.1) is 0 Å². The average molecular weight is 239 g/mol. The molecule has 0 saturated carbocycles. The molecule has 0 atom stereocenters. The quantitative estimate of drug-likeness (QED) is 0.748. The third kappa shape index (κ3) is 2.46. The molecule has 15 heavy (non-hydrogen) atoms. The first-order valence-electron chi connectivity index (χ1n) is 4.43. The number of pyridine rings is 2. The van der Waals surface area contributed by atoms with Gasteiger partial charge in [-0.3, -0.25) is 9.97 Å². The Balaban J connectivity index is 2.42. The van der Waals surface area contributed by atoms with Gasteiger partial charge in [-0.25, -0.2) is 0 Å². The Kier molecular flexibility index (Phi) is 3.19. The molecule has 0 fully saturated rings. The predicted octanol–water partition coefficient (Wildman–Crippen LogP) is 3.62. The molecule has 2 nitrogen and oxygen atoms in total. The molecule has 2 rings (SSSR count). The average Bonchev–Trinajstić information content (AvgIpc) is 2.30. The van der Waals surface area contributed by atoms with Crippen LogP contribution in [0.4, 0.5) is 0 Å². The molecule has 0 amide bonds. The van der Waals surface area contributed by atoms with Crippen molar-refractivity contribution in [1.82, 2.24) is 9.97 Å². The molecule has 2 aromatic heterocycles. The van der Waals surface area contributed by atoms with E-state index in [9.17, 15) is 0 Å². The van der Waals surface area contributed by atoms with Crippen molar-refractivity contribution in [2.24, 2.45) is 0 Å². The Hall–Kier alpha value is -1.12. The van der Waals surface area contributed by atoms with Crippen molar-refractivity contribution in [3.05, 3.63) is 48.3 Å². The molecular formula is C11H8Cl2N2. The number of hydrogen-bond donors (Lipinski definition) is 0. The molecule has 0 aliphatic heterocycles. The summed E-state index contributed by atoms with van der Waals surface area (Å²) in [5.41, 5.74) is 2.42. The van der Waals surface area contributed by atoms with Gasteiger partial charge in [0.15, 0.2) is 0 Å². The minimum absolute atomic E-state index is 0.532. The first kappa shape index (κ1) is 10.4. The molecule has 0 unspecified atom stereocenters. The third-order valence-electron chi connectivity index (χ3n) is 1.96. The highest BCUT2D eigenvalue weighted by Gasteiger charge is 2.06. The van der Waals surface area contributed by atoms with Crippen LogP contribution in [-0.2, 0) is 0 Å². The first-order valence-corrected chi connectivity index (χ1v) is 5.30. The topological polar surface area (TPSA) is 25.8 Å². The smallest absolute Gasteiger partial charge is 0.132 e. The van der Waals surface area contributed by atoms with Gasteiger partial charge in [-0.1, -0.05) is 6.07 Å². The highest BCUT2D eigenvalue weighted by atomic mass is 35.5. The van der Waals surface area contributed by atoms with E-state index >= 15 is 0 Å². The van der Waals surface area contributed by atoms with Crippen molar-refractivity contribution < 1.29 is 0 Å². The van der Waals surface area contributed by atoms with Crippen LogP contribution in [-0.4, -0.2) is 9.97 Å². The standard InChI is InChI=1S/C11H8Cl2N2/c12-11(13)8-4-6-15-10(7-8)9-3-1-2-5-14-9/h1-7,11H. The zero-order valence-electron chi connectivity index (χ0n) is 7.77.